The quantitative estimate of drug-likeness (QED) is 0.766. The lowest BCUT2D eigenvalue weighted by atomic mass is 9.81. The fourth-order valence-electron chi connectivity index (χ4n) is 1.61. The van der Waals surface area contributed by atoms with Crippen LogP contribution in [0.3, 0.4) is 0 Å². The highest BCUT2D eigenvalue weighted by molar-refractivity contribution is 7.90. The molecule has 0 aliphatic heterocycles. The first-order valence-electron chi connectivity index (χ1n) is 5.45. The Labute approximate surface area is 101 Å². The zero-order chi connectivity index (χ0) is 12.5. The van der Waals surface area contributed by atoms with Crippen LogP contribution in [0.4, 0.5) is 0 Å². The van der Waals surface area contributed by atoms with E-state index in [0.29, 0.717) is 0 Å². The zero-order valence-corrected chi connectivity index (χ0v) is 10.4. The van der Waals surface area contributed by atoms with Gasteiger partial charge in [0, 0.05) is 11.8 Å². The summed E-state index contributed by atoms with van der Waals surface area (Å²) < 4.78 is 22.5. The molecular formula is C13H14O3S. The highest BCUT2D eigenvalue weighted by atomic mass is 32.2. The third kappa shape index (κ3) is 2.87. The van der Waals surface area contributed by atoms with Gasteiger partial charge < -0.3 is 5.11 Å². The second kappa shape index (κ2) is 4.17. The van der Waals surface area contributed by atoms with Gasteiger partial charge in [0.1, 0.15) is 5.60 Å². The van der Waals surface area contributed by atoms with E-state index >= 15 is 0 Å². The van der Waals surface area contributed by atoms with E-state index in [9.17, 15) is 13.5 Å². The summed E-state index contributed by atoms with van der Waals surface area (Å²) in [4.78, 5) is 0.283. The van der Waals surface area contributed by atoms with E-state index in [4.69, 9.17) is 0 Å². The molecule has 1 aromatic carbocycles. The fourth-order valence-corrected chi connectivity index (χ4v) is 2.24. The average Bonchev–Trinajstić information content (AvgIpc) is 2.23. The Balaban J connectivity index is 2.19. The van der Waals surface area contributed by atoms with Crippen molar-refractivity contribution in [3.63, 3.8) is 0 Å². The Morgan fingerprint density at radius 3 is 2.24 bits per heavy atom. The molecule has 1 N–H and O–H groups in total. The lowest BCUT2D eigenvalue weighted by molar-refractivity contribution is 0.0240. The van der Waals surface area contributed by atoms with Crippen molar-refractivity contribution in [2.24, 2.45) is 0 Å². The minimum atomic E-state index is -3.15. The maximum absolute atomic E-state index is 11.2. The number of hydrogen-bond acceptors (Lipinski definition) is 3. The molecule has 90 valence electrons. The molecule has 0 atom stereocenters. The van der Waals surface area contributed by atoms with Gasteiger partial charge in [0.15, 0.2) is 9.84 Å². The Bertz CT molecular complexity index is 569. The van der Waals surface area contributed by atoms with E-state index in [1.807, 2.05) is 0 Å². The molecule has 0 heterocycles. The van der Waals surface area contributed by atoms with Crippen LogP contribution < -0.4 is 0 Å². The summed E-state index contributed by atoms with van der Waals surface area (Å²) >= 11 is 0. The molecule has 3 nitrogen and oxygen atoms in total. The van der Waals surface area contributed by atoms with Crippen molar-refractivity contribution in [1.82, 2.24) is 0 Å². The van der Waals surface area contributed by atoms with E-state index < -0.39 is 15.4 Å². The molecule has 1 fully saturated rings. The first-order chi connectivity index (χ1) is 7.89. The molecule has 2 rings (SSSR count). The van der Waals surface area contributed by atoms with Crippen molar-refractivity contribution in [3.05, 3.63) is 29.8 Å². The molecule has 0 radical (unpaired) electrons. The third-order valence-corrected chi connectivity index (χ3v) is 4.03. The van der Waals surface area contributed by atoms with E-state index in [1.165, 1.54) is 18.4 Å². The lowest BCUT2D eigenvalue weighted by Crippen LogP contribution is -2.34. The van der Waals surface area contributed by atoms with Crippen molar-refractivity contribution >= 4 is 9.84 Å². The molecule has 0 aromatic heterocycles. The van der Waals surface area contributed by atoms with Gasteiger partial charge in [-0.2, -0.15) is 0 Å². The first kappa shape index (κ1) is 12.2. The Morgan fingerprint density at radius 2 is 1.82 bits per heavy atom. The Kier molecular flexibility index (Phi) is 2.98. The number of benzene rings is 1. The summed E-state index contributed by atoms with van der Waals surface area (Å²) in [5.41, 5.74) is -0.104. The topological polar surface area (TPSA) is 54.4 Å². The second-order valence-corrected chi connectivity index (χ2v) is 6.45. The van der Waals surface area contributed by atoms with Gasteiger partial charge in [-0.3, -0.25) is 0 Å². The smallest absolute Gasteiger partial charge is 0.175 e. The van der Waals surface area contributed by atoms with Gasteiger partial charge in [-0.1, -0.05) is 11.8 Å². The second-order valence-electron chi connectivity index (χ2n) is 4.43. The number of aliphatic hydroxyl groups is 1. The summed E-state index contributed by atoms with van der Waals surface area (Å²) in [5.74, 6) is 5.70. The number of hydrogen-bond donors (Lipinski definition) is 1. The molecule has 0 spiro atoms. The maximum Gasteiger partial charge on any atom is 0.175 e. The van der Waals surface area contributed by atoms with E-state index in [-0.39, 0.29) is 4.90 Å². The minimum Gasteiger partial charge on any atom is -0.378 e. The highest BCUT2D eigenvalue weighted by Gasteiger charge is 2.31. The predicted octanol–water partition coefficient (Wildman–Crippen LogP) is 1.36. The maximum atomic E-state index is 11.2. The molecular weight excluding hydrogens is 236 g/mol. The third-order valence-electron chi connectivity index (χ3n) is 2.90. The van der Waals surface area contributed by atoms with E-state index in [0.717, 1.165) is 24.8 Å². The van der Waals surface area contributed by atoms with Crippen molar-refractivity contribution in [2.45, 2.75) is 29.8 Å². The van der Waals surface area contributed by atoms with Crippen LogP contribution in [0.25, 0.3) is 0 Å². The molecule has 0 bridgehead atoms. The van der Waals surface area contributed by atoms with Gasteiger partial charge in [-0.25, -0.2) is 8.42 Å². The molecule has 0 saturated heterocycles. The zero-order valence-electron chi connectivity index (χ0n) is 9.60. The van der Waals surface area contributed by atoms with Crippen molar-refractivity contribution in [2.75, 3.05) is 6.26 Å². The van der Waals surface area contributed by atoms with Crippen LogP contribution >= 0.6 is 0 Å². The Hall–Kier alpha value is -1.31. The molecule has 4 heteroatoms. The number of sulfone groups is 1. The first-order valence-corrected chi connectivity index (χ1v) is 7.34. The van der Waals surface area contributed by atoms with Gasteiger partial charge in [0.2, 0.25) is 0 Å². The molecule has 1 aromatic rings. The van der Waals surface area contributed by atoms with Crippen LogP contribution in [0.2, 0.25) is 0 Å². The van der Waals surface area contributed by atoms with Crippen LogP contribution in [0.15, 0.2) is 29.2 Å². The van der Waals surface area contributed by atoms with E-state index in [1.54, 1.807) is 12.1 Å². The summed E-state index contributed by atoms with van der Waals surface area (Å²) in [6, 6.07) is 6.38. The largest absolute Gasteiger partial charge is 0.378 e. The summed E-state index contributed by atoms with van der Waals surface area (Å²) in [7, 11) is -3.15. The predicted molar refractivity (Wildman–Crippen MR) is 65.2 cm³/mol. The van der Waals surface area contributed by atoms with Gasteiger partial charge >= 0.3 is 0 Å². The minimum absolute atomic E-state index is 0.283. The normalized spacial score (nSPS) is 17.8. The summed E-state index contributed by atoms with van der Waals surface area (Å²) in [5, 5.41) is 9.79. The Morgan fingerprint density at radius 1 is 1.24 bits per heavy atom. The monoisotopic (exact) mass is 250 g/mol. The number of rotatable bonds is 1. The molecule has 0 unspecified atom stereocenters. The van der Waals surface area contributed by atoms with Gasteiger partial charge in [0.05, 0.1) is 4.90 Å². The average molecular weight is 250 g/mol. The fraction of sp³-hybridized carbons (Fsp3) is 0.385. The van der Waals surface area contributed by atoms with Crippen LogP contribution in [-0.4, -0.2) is 25.4 Å². The molecule has 0 amide bonds. The molecule has 1 aliphatic rings. The SMILES string of the molecule is CS(=O)(=O)c1ccc(C#CC2(O)CCC2)cc1. The van der Waals surface area contributed by atoms with Crippen molar-refractivity contribution in [1.29, 1.82) is 0 Å². The summed E-state index contributed by atoms with van der Waals surface area (Å²) in [6.45, 7) is 0. The molecule has 1 aliphatic carbocycles. The molecule has 1 saturated carbocycles. The lowest BCUT2D eigenvalue weighted by Gasteiger charge is -2.30. The van der Waals surface area contributed by atoms with Crippen LogP contribution in [0.5, 0.6) is 0 Å². The van der Waals surface area contributed by atoms with Crippen molar-refractivity contribution < 1.29 is 13.5 Å². The van der Waals surface area contributed by atoms with Crippen LogP contribution in [0, 0.1) is 11.8 Å². The van der Waals surface area contributed by atoms with Gasteiger partial charge in [-0.05, 0) is 43.5 Å². The summed E-state index contributed by atoms with van der Waals surface area (Å²) in [6.07, 6.45) is 3.63. The van der Waals surface area contributed by atoms with Crippen molar-refractivity contribution in [3.8, 4) is 11.8 Å². The van der Waals surface area contributed by atoms with Gasteiger partial charge in [-0.15, -0.1) is 0 Å². The standard InChI is InChI=1S/C13H14O3S/c1-17(15,16)12-5-3-11(4-6-12)7-10-13(14)8-2-9-13/h3-6,14H,2,8-9H2,1H3. The molecule has 17 heavy (non-hydrogen) atoms. The van der Waals surface area contributed by atoms with Crippen LogP contribution in [-0.2, 0) is 9.84 Å². The van der Waals surface area contributed by atoms with E-state index in [2.05, 4.69) is 11.8 Å². The van der Waals surface area contributed by atoms with Crippen LogP contribution in [0.1, 0.15) is 24.8 Å². The highest BCUT2D eigenvalue weighted by Crippen LogP contribution is 2.30. The van der Waals surface area contributed by atoms with Gasteiger partial charge in [0.25, 0.3) is 0 Å².